The number of aromatic nitrogens is 4. The highest BCUT2D eigenvalue weighted by Crippen LogP contribution is 2.50. The minimum Gasteiger partial charge on any atom is -0.382 e. The molecule has 0 radical (unpaired) electrons. The van der Waals surface area contributed by atoms with E-state index in [-0.39, 0.29) is 36.5 Å². The third kappa shape index (κ3) is 2.95. The molecule has 2 heterocycles. The highest BCUT2D eigenvalue weighted by molar-refractivity contribution is 7.52. The summed E-state index contributed by atoms with van der Waals surface area (Å²) in [6.07, 6.45) is 0.250. The molecule has 8 nitrogen and oxygen atoms in total. The van der Waals surface area contributed by atoms with Gasteiger partial charge in [0.2, 0.25) is 0 Å². The average Bonchev–Trinajstić information content (AvgIpc) is 2.73. The van der Waals surface area contributed by atoms with Gasteiger partial charge in [0.15, 0.2) is 11.5 Å². The first-order valence-corrected chi connectivity index (χ1v) is 7.74. The van der Waals surface area contributed by atoms with E-state index >= 15 is 0 Å². The Bertz CT molecular complexity index is 652. The van der Waals surface area contributed by atoms with Crippen LogP contribution in [0.4, 0.5) is 10.2 Å². The third-order valence-corrected chi connectivity index (χ3v) is 4.40. The maximum atomic E-state index is 13.2. The van der Waals surface area contributed by atoms with Gasteiger partial charge in [-0.1, -0.05) is 0 Å². The molecule has 0 aromatic carbocycles. The maximum absolute atomic E-state index is 13.2. The average molecular weight is 303 g/mol. The molecule has 0 spiro atoms. The summed E-state index contributed by atoms with van der Waals surface area (Å²) in [6.45, 7) is 3.87. The SMILES string of the molecule is CCOP(=O)(Cn1cnc2c(N)nc(F)nc21)OCC. The van der Waals surface area contributed by atoms with Gasteiger partial charge in [-0.15, -0.1) is 0 Å². The zero-order valence-electron chi connectivity index (χ0n) is 11.1. The summed E-state index contributed by atoms with van der Waals surface area (Å²) in [6, 6.07) is 0. The molecule has 0 bridgehead atoms. The van der Waals surface area contributed by atoms with Crippen molar-refractivity contribution in [2.45, 2.75) is 20.1 Å². The minimum atomic E-state index is -3.34. The van der Waals surface area contributed by atoms with Crippen LogP contribution < -0.4 is 5.73 Å². The van der Waals surface area contributed by atoms with Crippen LogP contribution in [0.5, 0.6) is 0 Å². The number of rotatable bonds is 6. The van der Waals surface area contributed by atoms with E-state index in [1.54, 1.807) is 13.8 Å². The van der Waals surface area contributed by atoms with Gasteiger partial charge in [0.25, 0.3) is 0 Å². The number of fused-ring (bicyclic) bond motifs is 1. The fourth-order valence-electron chi connectivity index (χ4n) is 1.74. The van der Waals surface area contributed by atoms with E-state index in [0.717, 1.165) is 0 Å². The summed E-state index contributed by atoms with van der Waals surface area (Å²) in [5.41, 5.74) is 5.94. The van der Waals surface area contributed by atoms with Crippen molar-refractivity contribution in [1.29, 1.82) is 0 Å². The van der Waals surface area contributed by atoms with Crippen LogP contribution in [-0.2, 0) is 19.9 Å². The van der Waals surface area contributed by atoms with Crippen molar-refractivity contribution in [2.75, 3.05) is 18.9 Å². The molecule has 2 N–H and O–H groups in total. The van der Waals surface area contributed by atoms with Crippen LogP contribution >= 0.6 is 7.60 Å². The molecule has 0 amide bonds. The zero-order chi connectivity index (χ0) is 14.8. The van der Waals surface area contributed by atoms with E-state index in [1.807, 2.05) is 0 Å². The van der Waals surface area contributed by atoms with Gasteiger partial charge in [0.05, 0.1) is 19.5 Å². The van der Waals surface area contributed by atoms with Crippen LogP contribution in [0.25, 0.3) is 11.2 Å². The van der Waals surface area contributed by atoms with Gasteiger partial charge in [-0.25, -0.2) is 4.98 Å². The number of nitrogens with zero attached hydrogens (tertiary/aromatic N) is 4. The first kappa shape index (κ1) is 14.8. The number of nitrogen functional groups attached to an aromatic ring is 1. The van der Waals surface area contributed by atoms with Crippen molar-refractivity contribution in [3.8, 4) is 0 Å². The fourth-order valence-corrected chi connectivity index (χ4v) is 3.35. The smallest absolute Gasteiger partial charge is 0.350 e. The normalized spacial score (nSPS) is 12.2. The Morgan fingerprint density at radius 1 is 1.35 bits per heavy atom. The molecule has 2 aromatic rings. The van der Waals surface area contributed by atoms with Gasteiger partial charge in [-0.05, 0) is 13.8 Å². The lowest BCUT2D eigenvalue weighted by Gasteiger charge is -2.17. The summed E-state index contributed by atoms with van der Waals surface area (Å²) < 4.78 is 37.4. The van der Waals surface area contributed by atoms with Crippen LogP contribution in [0.1, 0.15) is 13.8 Å². The molecule has 2 aromatic heterocycles. The van der Waals surface area contributed by atoms with E-state index in [4.69, 9.17) is 14.8 Å². The van der Waals surface area contributed by atoms with Gasteiger partial charge >= 0.3 is 13.7 Å². The number of nitrogens with two attached hydrogens (primary N) is 1. The van der Waals surface area contributed by atoms with Crippen molar-refractivity contribution in [3.63, 3.8) is 0 Å². The molecule has 110 valence electrons. The molecule has 0 saturated carbocycles. The molecule has 0 saturated heterocycles. The van der Waals surface area contributed by atoms with Crippen LogP contribution in [0.15, 0.2) is 6.33 Å². The lowest BCUT2D eigenvalue weighted by atomic mass is 10.5. The minimum absolute atomic E-state index is 0.0751. The molecule has 10 heteroatoms. The second-order valence-corrected chi connectivity index (χ2v) is 5.87. The second kappa shape index (κ2) is 5.82. The Morgan fingerprint density at radius 3 is 2.60 bits per heavy atom. The quantitative estimate of drug-likeness (QED) is 0.640. The third-order valence-electron chi connectivity index (χ3n) is 2.44. The Morgan fingerprint density at radius 2 is 2.00 bits per heavy atom. The summed E-state index contributed by atoms with van der Waals surface area (Å²) in [5.74, 6) is -0.0751. The number of anilines is 1. The zero-order valence-corrected chi connectivity index (χ0v) is 12.0. The molecule has 2 rings (SSSR count). The second-order valence-electron chi connectivity index (χ2n) is 3.85. The summed E-state index contributed by atoms with van der Waals surface area (Å²) in [7, 11) is -3.34. The van der Waals surface area contributed by atoms with Crippen molar-refractivity contribution < 1.29 is 18.0 Å². The van der Waals surface area contributed by atoms with E-state index in [0.29, 0.717) is 0 Å². The Labute approximate surface area is 114 Å². The lowest BCUT2D eigenvalue weighted by molar-refractivity contribution is 0.214. The summed E-state index contributed by atoms with van der Waals surface area (Å²) in [5, 5.41) is 0. The summed E-state index contributed by atoms with van der Waals surface area (Å²) >= 11 is 0. The monoisotopic (exact) mass is 303 g/mol. The molecule has 0 fully saturated rings. The van der Waals surface area contributed by atoms with E-state index in [1.165, 1.54) is 10.9 Å². The number of halogens is 1. The topological polar surface area (TPSA) is 105 Å². The Kier molecular flexibility index (Phi) is 4.32. The molecular formula is C10H15FN5O3P. The van der Waals surface area contributed by atoms with Crippen molar-refractivity contribution >= 4 is 24.6 Å². The van der Waals surface area contributed by atoms with E-state index < -0.39 is 13.7 Å². The first-order valence-electron chi connectivity index (χ1n) is 6.01. The van der Waals surface area contributed by atoms with Gasteiger partial charge in [-0.3, -0.25) is 4.57 Å². The molecule has 0 aliphatic rings. The van der Waals surface area contributed by atoms with Gasteiger partial charge < -0.3 is 19.3 Å². The summed E-state index contributed by atoms with van der Waals surface area (Å²) in [4.78, 5) is 11.0. The standard InChI is InChI=1S/C10H15FN5O3P/c1-3-18-20(17,19-4-2)6-16-5-13-7-8(12)14-10(11)15-9(7)16/h5H,3-4,6H2,1-2H3,(H2,12,14,15). The van der Waals surface area contributed by atoms with Gasteiger partial charge in [0, 0.05) is 0 Å². The predicted octanol–water partition coefficient (Wildman–Crippen LogP) is 1.77. The number of imidazole rings is 1. The predicted molar refractivity (Wildman–Crippen MR) is 70.6 cm³/mol. The maximum Gasteiger partial charge on any atom is 0.350 e. The van der Waals surface area contributed by atoms with Crippen LogP contribution in [0.3, 0.4) is 0 Å². The van der Waals surface area contributed by atoms with Crippen LogP contribution in [-0.4, -0.2) is 32.7 Å². The van der Waals surface area contributed by atoms with Crippen molar-refractivity contribution in [1.82, 2.24) is 19.5 Å². The largest absolute Gasteiger partial charge is 0.382 e. The highest BCUT2D eigenvalue weighted by atomic mass is 31.2. The Balaban J connectivity index is 2.40. The number of hydrogen-bond donors (Lipinski definition) is 1. The van der Waals surface area contributed by atoms with E-state index in [2.05, 4.69) is 15.0 Å². The molecular weight excluding hydrogens is 288 g/mol. The molecule has 0 unspecified atom stereocenters. The first-order chi connectivity index (χ1) is 9.49. The lowest BCUT2D eigenvalue weighted by Crippen LogP contribution is -2.06. The Hall–Kier alpha value is -1.57. The van der Waals surface area contributed by atoms with Crippen LogP contribution in [0.2, 0.25) is 0 Å². The molecule has 0 aliphatic carbocycles. The van der Waals surface area contributed by atoms with E-state index in [9.17, 15) is 8.96 Å². The fraction of sp³-hybridized carbons (Fsp3) is 0.500. The van der Waals surface area contributed by atoms with Crippen LogP contribution in [0, 0.1) is 6.08 Å². The molecule has 0 atom stereocenters. The number of hydrogen-bond acceptors (Lipinski definition) is 7. The molecule has 0 aliphatic heterocycles. The molecule has 20 heavy (non-hydrogen) atoms. The van der Waals surface area contributed by atoms with Crippen molar-refractivity contribution in [3.05, 3.63) is 12.4 Å². The van der Waals surface area contributed by atoms with Crippen molar-refractivity contribution in [2.24, 2.45) is 0 Å². The van der Waals surface area contributed by atoms with Gasteiger partial charge in [-0.2, -0.15) is 14.4 Å². The van der Waals surface area contributed by atoms with Gasteiger partial charge in [0.1, 0.15) is 11.8 Å². The highest BCUT2D eigenvalue weighted by Gasteiger charge is 2.26.